The van der Waals surface area contributed by atoms with Gasteiger partial charge in [0.05, 0.1) is 18.4 Å². The zero-order valence-corrected chi connectivity index (χ0v) is 14.0. The molecule has 0 bridgehead atoms. The molecule has 0 spiro atoms. The predicted molar refractivity (Wildman–Crippen MR) is 89.9 cm³/mol. The first-order valence-electron chi connectivity index (χ1n) is 7.80. The summed E-state index contributed by atoms with van der Waals surface area (Å²) in [5.74, 6) is 0.130. The van der Waals surface area contributed by atoms with Crippen molar-refractivity contribution in [2.75, 3.05) is 6.54 Å². The van der Waals surface area contributed by atoms with Crippen LogP contribution >= 0.6 is 0 Å². The number of carbonyl (C=O) groups excluding carboxylic acids is 2. The van der Waals surface area contributed by atoms with Crippen molar-refractivity contribution in [3.05, 3.63) is 54.0 Å². The number of rotatable bonds is 7. The topological polar surface area (TPSA) is 80.6 Å². The van der Waals surface area contributed by atoms with Crippen LogP contribution in [0.1, 0.15) is 29.8 Å². The Hall–Kier alpha value is -2.76. The van der Waals surface area contributed by atoms with E-state index in [0.29, 0.717) is 12.1 Å². The van der Waals surface area contributed by atoms with E-state index in [9.17, 15) is 9.59 Å². The second-order valence-corrected chi connectivity index (χ2v) is 5.69. The smallest absolute Gasteiger partial charge is 0.255 e. The van der Waals surface area contributed by atoms with Crippen LogP contribution in [0.3, 0.4) is 0 Å². The van der Waals surface area contributed by atoms with Crippen molar-refractivity contribution in [3.63, 3.8) is 0 Å². The van der Waals surface area contributed by atoms with Crippen LogP contribution < -0.4 is 15.4 Å². The first-order valence-corrected chi connectivity index (χ1v) is 7.80. The van der Waals surface area contributed by atoms with E-state index in [1.54, 1.807) is 6.92 Å². The Balaban J connectivity index is 1.75. The van der Waals surface area contributed by atoms with E-state index >= 15 is 0 Å². The molecule has 0 aliphatic rings. The summed E-state index contributed by atoms with van der Waals surface area (Å²) in [6, 6.07) is 8.60. The van der Waals surface area contributed by atoms with Crippen LogP contribution in [0.4, 0.5) is 0 Å². The predicted octanol–water partition coefficient (Wildman–Crippen LogP) is 2.29. The fraction of sp³-hybridized carbons (Fsp3) is 0.333. The molecule has 2 atom stereocenters. The summed E-state index contributed by atoms with van der Waals surface area (Å²) in [6.07, 6.45) is 2.55. The van der Waals surface area contributed by atoms with Gasteiger partial charge in [-0.2, -0.15) is 0 Å². The number of benzene rings is 1. The van der Waals surface area contributed by atoms with Gasteiger partial charge in [0.1, 0.15) is 24.2 Å². The Bertz CT molecular complexity index is 665. The number of ether oxygens (including phenoxy) is 1. The Kier molecular flexibility index (Phi) is 6.01. The Labute approximate surface area is 141 Å². The molecule has 0 unspecified atom stereocenters. The minimum atomic E-state index is -0.654. The Morgan fingerprint density at radius 1 is 1.17 bits per heavy atom. The van der Waals surface area contributed by atoms with E-state index in [0.717, 1.165) is 11.3 Å². The number of hydrogen-bond acceptors (Lipinski definition) is 4. The third-order valence-electron chi connectivity index (χ3n) is 3.45. The van der Waals surface area contributed by atoms with Crippen molar-refractivity contribution in [1.82, 2.24) is 10.6 Å². The van der Waals surface area contributed by atoms with Gasteiger partial charge in [-0.25, -0.2) is 0 Å². The molecule has 1 aromatic heterocycles. The zero-order chi connectivity index (χ0) is 17.5. The first-order chi connectivity index (χ1) is 11.5. The molecule has 6 nitrogen and oxygen atoms in total. The first kappa shape index (κ1) is 17.6. The number of nitrogens with one attached hydrogen (secondary N) is 2. The van der Waals surface area contributed by atoms with E-state index in [1.165, 1.54) is 18.6 Å². The third-order valence-corrected chi connectivity index (χ3v) is 3.45. The Morgan fingerprint density at radius 3 is 2.50 bits per heavy atom. The average Bonchev–Trinajstić information content (AvgIpc) is 3.09. The SMILES string of the molecule is Cc1ccc(O[C@@H](C)CNC(=O)[C@H](C)NC(=O)c2ccoc2)cc1. The van der Waals surface area contributed by atoms with Crippen molar-refractivity contribution in [1.29, 1.82) is 0 Å². The average molecular weight is 330 g/mol. The molecule has 0 saturated heterocycles. The van der Waals surface area contributed by atoms with Gasteiger partial charge in [0.15, 0.2) is 0 Å². The van der Waals surface area contributed by atoms with Gasteiger partial charge in [-0.05, 0) is 39.0 Å². The Morgan fingerprint density at radius 2 is 1.88 bits per heavy atom. The number of amides is 2. The van der Waals surface area contributed by atoms with Crippen LogP contribution in [0.15, 0.2) is 47.3 Å². The number of carbonyl (C=O) groups is 2. The van der Waals surface area contributed by atoms with Gasteiger partial charge < -0.3 is 19.8 Å². The van der Waals surface area contributed by atoms with Gasteiger partial charge in [-0.3, -0.25) is 9.59 Å². The molecular weight excluding hydrogens is 308 g/mol. The summed E-state index contributed by atoms with van der Waals surface area (Å²) in [6.45, 7) is 5.85. The summed E-state index contributed by atoms with van der Waals surface area (Å²) >= 11 is 0. The summed E-state index contributed by atoms with van der Waals surface area (Å²) in [4.78, 5) is 23.9. The lowest BCUT2D eigenvalue weighted by atomic mass is 10.2. The van der Waals surface area contributed by atoms with E-state index in [1.807, 2.05) is 38.1 Å². The van der Waals surface area contributed by atoms with E-state index < -0.39 is 6.04 Å². The van der Waals surface area contributed by atoms with Crippen LogP contribution in [0.25, 0.3) is 0 Å². The van der Waals surface area contributed by atoms with E-state index in [-0.39, 0.29) is 17.9 Å². The highest BCUT2D eigenvalue weighted by atomic mass is 16.5. The van der Waals surface area contributed by atoms with Crippen molar-refractivity contribution in [2.24, 2.45) is 0 Å². The normalized spacial score (nSPS) is 13.0. The van der Waals surface area contributed by atoms with Gasteiger partial charge in [0.2, 0.25) is 5.91 Å². The highest BCUT2D eigenvalue weighted by molar-refractivity contribution is 5.97. The van der Waals surface area contributed by atoms with Crippen molar-refractivity contribution in [2.45, 2.75) is 32.9 Å². The quantitative estimate of drug-likeness (QED) is 0.816. The van der Waals surface area contributed by atoms with Gasteiger partial charge in [0, 0.05) is 0 Å². The lowest BCUT2D eigenvalue weighted by molar-refractivity contribution is -0.122. The van der Waals surface area contributed by atoms with E-state index in [2.05, 4.69) is 10.6 Å². The maximum atomic E-state index is 12.0. The van der Waals surface area contributed by atoms with Crippen LogP contribution in [-0.4, -0.2) is 30.5 Å². The molecule has 0 fully saturated rings. The van der Waals surface area contributed by atoms with Gasteiger partial charge >= 0.3 is 0 Å². The largest absolute Gasteiger partial charge is 0.489 e. The maximum absolute atomic E-state index is 12.0. The molecule has 0 saturated carbocycles. The lowest BCUT2D eigenvalue weighted by Gasteiger charge is -2.18. The second kappa shape index (κ2) is 8.19. The second-order valence-electron chi connectivity index (χ2n) is 5.69. The number of furan rings is 1. The summed E-state index contributed by atoms with van der Waals surface area (Å²) in [7, 11) is 0. The minimum Gasteiger partial charge on any atom is -0.489 e. The molecular formula is C18H22N2O4. The standard InChI is InChI=1S/C18H22N2O4/c1-12-4-6-16(7-5-12)24-13(2)10-19-17(21)14(3)20-18(22)15-8-9-23-11-15/h4-9,11,13-14H,10H2,1-3H3,(H,19,21)(H,20,22)/t13-,14-/m0/s1. The summed E-state index contributed by atoms with van der Waals surface area (Å²) in [5.41, 5.74) is 1.54. The van der Waals surface area contributed by atoms with Crippen LogP contribution in [0.2, 0.25) is 0 Å². The summed E-state index contributed by atoms with van der Waals surface area (Å²) in [5, 5.41) is 5.37. The molecule has 0 aliphatic carbocycles. The molecule has 1 heterocycles. The lowest BCUT2D eigenvalue weighted by Crippen LogP contribution is -2.46. The van der Waals surface area contributed by atoms with Crippen LogP contribution in [0, 0.1) is 6.92 Å². The summed E-state index contributed by atoms with van der Waals surface area (Å²) < 4.78 is 10.6. The number of aryl methyl sites for hydroxylation is 1. The van der Waals surface area contributed by atoms with Crippen LogP contribution in [-0.2, 0) is 4.79 Å². The monoisotopic (exact) mass is 330 g/mol. The molecule has 2 N–H and O–H groups in total. The third kappa shape index (κ3) is 5.15. The molecule has 2 rings (SSSR count). The minimum absolute atomic E-state index is 0.187. The van der Waals surface area contributed by atoms with Gasteiger partial charge in [-0.15, -0.1) is 0 Å². The molecule has 24 heavy (non-hydrogen) atoms. The molecule has 6 heteroatoms. The van der Waals surface area contributed by atoms with E-state index in [4.69, 9.17) is 9.15 Å². The molecule has 0 aliphatic heterocycles. The van der Waals surface area contributed by atoms with Crippen LogP contribution in [0.5, 0.6) is 5.75 Å². The molecule has 2 amide bonds. The molecule has 0 radical (unpaired) electrons. The van der Waals surface area contributed by atoms with Gasteiger partial charge in [-0.1, -0.05) is 17.7 Å². The highest BCUT2D eigenvalue weighted by Gasteiger charge is 2.17. The molecule has 2 aromatic rings. The van der Waals surface area contributed by atoms with Crippen molar-refractivity contribution in [3.8, 4) is 5.75 Å². The van der Waals surface area contributed by atoms with Crippen molar-refractivity contribution < 1.29 is 18.7 Å². The fourth-order valence-corrected chi connectivity index (χ4v) is 2.03. The fourth-order valence-electron chi connectivity index (χ4n) is 2.03. The zero-order valence-electron chi connectivity index (χ0n) is 14.0. The maximum Gasteiger partial charge on any atom is 0.255 e. The van der Waals surface area contributed by atoms with Gasteiger partial charge in [0.25, 0.3) is 5.91 Å². The number of hydrogen-bond donors (Lipinski definition) is 2. The molecule has 1 aromatic carbocycles. The highest BCUT2D eigenvalue weighted by Crippen LogP contribution is 2.13. The van der Waals surface area contributed by atoms with Crippen molar-refractivity contribution >= 4 is 11.8 Å². The molecule has 128 valence electrons.